The Kier molecular flexibility index (Phi) is 5.48. The molecule has 96 valence electrons. The fraction of sp³-hybridized carbons (Fsp3) is 0.692. The normalized spacial score (nSPS) is 21.9. The van der Waals surface area contributed by atoms with Crippen LogP contribution in [0.1, 0.15) is 43.5 Å². The molecule has 2 unspecified atom stereocenters. The van der Waals surface area contributed by atoms with Crippen LogP contribution in [0.5, 0.6) is 0 Å². The van der Waals surface area contributed by atoms with E-state index in [1.54, 1.807) is 0 Å². The number of ether oxygens (including phenoxy) is 1. The molecule has 0 saturated carbocycles. The van der Waals surface area contributed by atoms with Crippen LogP contribution in [0.4, 0.5) is 0 Å². The van der Waals surface area contributed by atoms with Crippen LogP contribution in [0.3, 0.4) is 0 Å². The largest absolute Gasteiger partial charge is 0.378 e. The van der Waals surface area contributed by atoms with Crippen LogP contribution in [-0.2, 0) is 4.74 Å². The molecule has 17 heavy (non-hydrogen) atoms. The molecule has 1 aliphatic heterocycles. The summed E-state index contributed by atoms with van der Waals surface area (Å²) in [4.78, 5) is 1.42. The molecule has 0 spiro atoms. The predicted octanol–water partition coefficient (Wildman–Crippen LogP) is 4.12. The zero-order valence-electron chi connectivity index (χ0n) is 10.2. The molecule has 1 aliphatic rings. The average molecular weight is 318 g/mol. The van der Waals surface area contributed by atoms with Gasteiger partial charge in [0.05, 0.1) is 9.89 Å². The minimum absolute atomic E-state index is 0.449. The van der Waals surface area contributed by atoms with Crippen molar-refractivity contribution in [1.82, 2.24) is 5.32 Å². The summed E-state index contributed by atoms with van der Waals surface area (Å²) in [6, 6.07) is 4.81. The van der Waals surface area contributed by atoms with E-state index >= 15 is 0 Å². The average Bonchev–Trinajstić information content (AvgIpc) is 2.95. The van der Waals surface area contributed by atoms with Gasteiger partial charge in [0.25, 0.3) is 0 Å². The Morgan fingerprint density at radius 3 is 3.06 bits per heavy atom. The van der Waals surface area contributed by atoms with E-state index in [1.807, 2.05) is 11.3 Å². The Morgan fingerprint density at radius 2 is 2.47 bits per heavy atom. The number of halogens is 1. The van der Waals surface area contributed by atoms with E-state index in [-0.39, 0.29) is 0 Å². The molecule has 0 amide bonds. The van der Waals surface area contributed by atoms with Gasteiger partial charge < -0.3 is 10.1 Å². The summed E-state index contributed by atoms with van der Waals surface area (Å²) in [5.74, 6) is 0. The molecule has 0 aromatic carbocycles. The molecule has 1 N–H and O–H groups in total. The lowest BCUT2D eigenvalue weighted by Gasteiger charge is -2.20. The van der Waals surface area contributed by atoms with Crippen LogP contribution in [0.2, 0.25) is 0 Å². The molecule has 2 atom stereocenters. The van der Waals surface area contributed by atoms with Gasteiger partial charge in [0.15, 0.2) is 0 Å². The van der Waals surface area contributed by atoms with Crippen molar-refractivity contribution in [3.8, 4) is 0 Å². The fourth-order valence-electron chi connectivity index (χ4n) is 2.23. The highest BCUT2D eigenvalue weighted by Gasteiger charge is 2.22. The topological polar surface area (TPSA) is 21.3 Å². The second-order valence-corrected chi connectivity index (χ2v) is 7.01. The van der Waals surface area contributed by atoms with Gasteiger partial charge in [-0.2, -0.15) is 0 Å². The molecular weight excluding hydrogens is 298 g/mol. The summed E-state index contributed by atoms with van der Waals surface area (Å²) in [6.07, 6.45) is 5.17. The van der Waals surface area contributed by atoms with Crippen molar-refractivity contribution in [2.45, 2.75) is 44.8 Å². The zero-order valence-corrected chi connectivity index (χ0v) is 12.6. The summed E-state index contributed by atoms with van der Waals surface area (Å²) in [7, 11) is 0. The van der Waals surface area contributed by atoms with Crippen LogP contribution in [0, 0.1) is 0 Å². The van der Waals surface area contributed by atoms with Gasteiger partial charge in [0, 0.05) is 17.5 Å². The third-order valence-corrected chi connectivity index (χ3v) is 4.84. The first-order chi connectivity index (χ1) is 8.29. The van der Waals surface area contributed by atoms with Gasteiger partial charge in [-0.3, -0.25) is 0 Å². The van der Waals surface area contributed by atoms with Crippen LogP contribution in [-0.4, -0.2) is 19.3 Å². The number of hydrogen-bond donors (Lipinski definition) is 1. The van der Waals surface area contributed by atoms with E-state index in [0.717, 1.165) is 19.6 Å². The van der Waals surface area contributed by atoms with Crippen LogP contribution in [0.25, 0.3) is 0 Å². The van der Waals surface area contributed by atoms with Crippen molar-refractivity contribution in [2.24, 2.45) is 0 Å². The summed E-state index contributed by atoms with van der Waals surface area (Å²) in [5.41, 5.74) is 0. The molecule has 2 nitrogen and oxygen atoms in total. The molecule has 2 rings (SSSR count). The third-order valence-electron chi connectivity index (χ3n) is 3.10. The SMILES string of the molecule is CCCNC(CC1CCCO1)c1ccc(Br)s1. The summed E-state index contributed by atoms with van der Waals surface area (Å²) in [6.45, 7) is 4.23. The summed E-state index contributed by atoms with van der Waals surface area (Å²) >= 11 is 5.37. The Bertz CT molecular complexity index is 336. The van der Waals surface area contributed by atoms with Gasteiger partial charge in [0.1, 0.15) is 0 Å². The van der Waals surface area contributed by atoms with Gasteiger partial charge >= 0.3 is 0 Å². The highest BCUT2D eigenvalue weighted by atomic mass is 79.9. The number of rotatable bonds is 6. The van der Waals surface area contributed by atoms with Crippen molar-refractivity contribution < 1.29 is 4.74 Å². The maximum Gasteiger partial charge on any atom is 0.0701 e. The van der Waals surface area contributed by atoms with E-state index in [2.05, 4.69) is 40.3 Å². The minimum atomic E-state index is 0.449. The van der Waals surface area contributed by atoms with E-state index in [1.165, 1.54) is 27.9 Å². The van der Waals surface area contributed by atoms with Crippen LogP contribution in [0.15, 0.2) is 15.9 Å². The van der Waals surface area contributed by atoms with E-state index in [9.17, 15) is 0 Å². The Hall–Kier alpha value is 0.1000. The number of nitrogens with one attached hydrogen (secondary N) is 1. The lowest BCUT2D eigenvalue weighted by Crippen LogP contribution is -2.25. The first-order valence-corrected chi connectivity index (χ1v) is 8.00. The molecule has 2 heterocycles. The van der Waals surface area contributed by atoms with E-state index in [4.69, 9.17) is 4.74 Å². The van der Waals surface area contributed by atoms with Gasteiger partial charge in [-0.05, 0) is 60.3 Å². The van der Waals surface area contributed by atoms with Gasteiger partial charge in [-0.15, -0.1) is 11.3 Å². The van der Waals surface area contributed by atoms with Crippen molar-refractivity contribution in [2.75, 3.05) is 13.2 Å². The quantitative estimate of drug-likeness (QED) is 0.852. The Morgan fingerprint density at radius 1 is 1.59 bits per heavy atom. The molecule has 1 fully saturated rings. The monoisotopic (exact) mass is 317 g/mol. The molecule has 1 saturated heterocycles. The standard InChI is InChI=1S/C13H20BrNOS/c1-2-7-15-11(9-10-4-3-8-16-10)12-5-6-13(14)17-12/h5-6,10-11,15H,2-4,7-9H2,1H3. The van der Waals surface area contributed by atoms with Crippen molar-refractivity contribution >= 4 is 27.3 Å². The second-order valence-electron chi connectivity index (χ2n) is 4.52. The Labute approximate surface area is 116 Å². The maximum absolute atomic E-state index is 5.74. The molecule has 0 aliphatic carbocycles. The molecule has 0 radical (unpaired) electrons. The van der Waals surface area contributed by atoms with E-state index in [0.29, 0.717) is 12.1 Å². The van der Waals surface area contributed by atoms with Gasteiger partial charge in [0.2, 0.25) is 0 Å². The summed E-state index contributed by atoms with van der Waals surface area (Å²) < 4.78 is 6.96. The van der Waals surface area contributed by atoms with Crippen molar-refractivity contribution in [3.63, 3.8) is 0 Å². The molecule has 0 bridgehead atoms. The van der Waals surface area contributed by atoms with E-state index < -0.39 is 0 Å². The van der Waals surface area contributed by atoms with Gasteiger partial charge in [-0.25, -0.2) is 0 Å². The number of thiophene rings is 1. The van der Waals surface area contributed by atoms with Crippen molar-refractivity contribution in [3.05, 3.63) is 20.8 Å². The lowest BCUT2D eigenvalue weighted by atomic mass is 10.1. The highest BCUT2D eigenvalue weighted by Crippen LogP contribution is 2.32. The fourth-order valence-corrected chi connectivity index (χ4v) is 3.74. The summed E-state index contributed by atoms with van der Waals surface area (Å²) in [5, 5.41) is 3.64. The molecule has 1 aromatic rings. The first-order valence-electron chi connectivity index (χ1n) is 6.40. The number of hydrogen-bond acceptors (Lipinski definition) is 3. The predicted molar refractivity (Wildman–Crippen MR) is 76.6 cm³/mol. The highest BCUT2D eigenvalue weighted by molar-refractivity contribution is 9.11. The third kappa shape index (κ3) is 4.05. The van der Waals surface area contributed by atoms with Crippen molar-refractivity contribution in [1.29, 1.82) is 0 Å². The second kappa shape index (κ2) is 6.88. The first kappa shape index (κ1) is 13.5. The van der Waals surface area contributed by atoms with Crippen LogP contribution < -0.4 is 5.32 Å². The molecule has 4 heteroatoms. The Balaban J connectivity index is 1.96. The van der Waals surface area contributed by atoms with Gasteiger partial charge in [-0.1, -0.05) is 6.92 Å². The molecular formula is C13H20BrNOS. The zero-order chi connectivity index (χ0) is 12.1. The minimum Gasteiger partial charge on any atom is -0.378 e. The lowest BCUT2D eigenvalue weighted by molar-refractivity contribution is 0.0949. The van der Waals surface area contributed by atoms with Crippen LogP contribution >= 0.6 is 27.3 Å². The smallest absolute Gasteiger partial charge is 0.0701 e. The molecule has 1 aromatic heterocycles. The maximum atomic E-state index is 5.74.